The molecule has 3 rings (SSSR count). The summed E-state index contributed by atoms with van der Waals surface area (Å²) in [4.78, 5) is 11.7. The quantitative estimate of drug-likeness (QED) is 0.868. The van der Waals surface area contributed by atoms with E-state index in [2.05, 4.69) is 20.8 Å². The molecule has 0 unspecified atom stereocenters. The van der Waals surface area contributed by atoms with E-state index in [4.69, 9.17) is 5.73 Å². The summed E-state index contributed by atoms with van der Waals surface area (Å²) >= 11 is 0. The van der Waals surface area contributed by atoms with Gasteiger partial charge in [-0.1, -0.05) is 31.0 Å². The van der Waals surface area contributed by atoms with Gasteiger partial charge in [0.1, 0.15) is 0 Å². The van der Waals surface area contributed by atoms with Gasteiger partial charge in [0.15, 0.2) is 5.82 Å². The van der Waals surface area contributed by atoms with Crippen LogP contribution in [0.2, 0.25) is 0 Å². The highest BCUT2D eigenvalue weighted by Gasteiger charge is 2.31. The number of aromatic nitrogens is 4. The second-order valence-electron chi connectivity index (χ2n) is 6.07. The van der Waals surface area contributed by atoms with E-state index in [1.807, 2.05) is 37.3 Å². The normalized spacial score (nSPS) is 22.7. The minimum atomic E-state index is -0.225. The van der Waals surface area contributed by atoms with Gasteiger partial charge in [0.05, 0.1) is 17.6 Å². The number of rotatable bonds is 5. The number of amides is 1. The summed E-state index contributed by atoms with van der Waals surface area (Å²) in [5.41, 5.74) is 6.46. The average Bonchev–Trinajstić information content (AvgIpc) is 3.05. The SMILES string of the molecule is C[C@H](N[C@H]1CCCC[C@H]1C(N)=O)c1nnnn1-c1ccccc1. The first-order valence-electron chi connectivity index (χ1n) is 8.06. The maximum Gasteiger partial charge on any atom is 0.222 e. The van der Waals surface area contributed by atoms with E-state index in [0.29, 0.717) is 0 Å². The Morgan fingerprint density at radius 1 is 1.30 bits per heavy atom. The molecule has 1 aliphatic carbocycles. The highest BCUT2D eigenvalue weighted by Crippen LogP contribution is 2.26. The van der Waals surface area contributed by atoms with Crippen molar-refractivity contribution in [3.05, 3.63) is 36.2 Å². The van der Waals surface area contributed by atoms with Crippen LogP contribution in [-0.2, 0) is 4.79 Å². The molecule has 1 amide bonds. The number of hydrogen-bond acceptors (Lipinski definition) is 5. The molecule has 0 bridgehead atoms. The number of benzene rings is 1. The fourth-order valence-corrected chi connectivity index (χ4v) is 3.28. The summed E-state index contributed by atoms with van der Waals surface area (Å²) in [5.74, 6) is 0.384. The zero-order chi connectivity index (χ0) is 16.2. The van der Waals surface area contributed by atoms with Crippen molar-refractivity contribution in [2.24, 2.45) is 11.7 Å². The van der Waals surface area contributed by atoms with Crippen LogP contribution in [0.15, 0.2) is 30.3 Å². The predicted octanol–water partition coefficient (Wildman–Crippen LogP) is 1.36. The Labute approximate surface area is 135 Å². The van der Waals surface area contributed by atoms with Gasteiger partial charge < -0.3 is 11.1 Å². The van der Waals surface area contributed by atoms with Gasteiger partial charge in [0, 0.05) is 6.04 Å². The van der Waals surface area contributed by atoms with Crippen molar-refractivity contribution in [3.8, 4) is 5.69 Å². The Morgan fingerprint density at radius 2 is 2.04 bits per heavy atom. The smallest absolute Gasteiger partial charge is 0.222 e. The monoisotopic (exact) mass is 314 g/mol. The molecule has 2 aromatic rings. The summed E-state index contributed by atoms with van der Waals surface area (Å²) in [6, 6.07) is 9.77. The number of carbonyl (C=O) groups excluding carboxylic acids is 1. The van der Waals surface area contributed by atoms with Gasteiger partial charge in [-0.05, 0) is 42.3 Å². The molecule has 3 N–H and O–H groups in total. The zero-order valence-corrected chi connectivity index (χ0v) is 13.2. The van der Waals surface area contributed by atoms with Gasteiger partial charge in [0.25, 0.3) is 0 Å². The number of nitrogens with two attached hydrogens (primary N) is 1. The van der Waals surface area contributed by atoms with Crippen LogP contribution in [0, 0.1) is 5.92 Å². The van der Waals surface area contributed by atoms with Gasteiger partial charge in [0.2, 0.25) is 5.91 Å². The molecule has 3 atom stereocenters. The van der Waals surface area contributed by atoms with Crippen LogP contribution in [0.1, 0.15) is 44.5 Å². The number of carbonyl (C=O) groups is 1. The standard InChI is InChI=1S/C16H22N6O/c1-11(18-14-10-6-5-9-13(14)15(17)23)16-19-20-21-22(16)12-7-3-2-4-8-12/h2-4,7-8,11,13-14,18H,5-6,9-10H2,1H3,(H2,17,23)/t11-,13+,14-/m0/s1. The molecule has 1 aromatic carbocycles. The van der Waals surface area contributed by atoms with Gasteiger partial charge in [-0.2, -0.15) is 4.68 Å². The molecular formula is C16H22N6O. The minimum absolute atomic E-state index is 0.0739. The van der Waals surface area contributed by atoms with Crippen molar-refractivity contribution in [1.82, 2.24) is 25.5 Å². The number of nitrogens with one attached hydrogen (secondary N) is 1. The van der Waals surface area contributed by atoms with E-state index < -0.39 is 0 Å². The summed E-state index contributed by atoms with van der Waals surface area (Å²) in [7, 11) is 0. The van der Waals surface area contributed by atoms with Crippen molar-refractivity contribution < 1.29 is 4.79 Å². The lowest BCUT2D eigenvalue weighted by molar-refractivity contribution is -0.123. The van der Waals surface area contributed by atoms with Crippen molar-refractivity contribution in [1.29, 1.82) is 0 Å². The largest absolute Gasteiger partial charge is 0.369 e. The number of hydrogen-bond donors (Lipinski definition) is 2. The number of nitrogens with zero attached hydrogens (tertiary/aromatic N) is 4. The van der Waals surface area contributed by atoms with Gasteiger partial charge in [-0.15, -0.1) is 5.10 Å². The van der Waals surface area contributed by atoms with Crippen molar-refractivity contribution >= 4 is 5.91 Å². The molecule has 1 aliphatic rings. The van der Waals surface area contributed by atoms with Crippen molar-refractivity contribution in [2.45, 2.75) is 44.7 Å². The summed E-state index contributed by atoms with van der Waals surface area (Å²) in [5, 5.41) is 15.5. The molecule has 23 heavy (non-hydrogen) atoms. The Bertz CT molecular complexity index is 656. The molecule has 0 spiro atoms. The second kappa shape index (κ2) is 6.87. The number of primary amides is 1. The molecule has 0 radical (unpaired) electrons. The van der Waals surface area contributed by atoms with Crippen molar-refractivity contribution in [2.75, 3.05) is 0 Å². The van der Waals surface area contributed by atoms with E-state index in [9.17, 15) is 4.79 Å². The first-order valence-corrected chi connectivity index (χ1v) is 8.06. The van der Waals surface area contributed by atoms with E-state index in [-0.39, 0.29) is 23.9 Å². The molecule has 122 valence electrons. The van der Waals surface area contributed by atoms with Gasteiger partial charge in [-0.25, -0.2) is 0 Å². The Balaban J connectivity index is 1.77. The second-order valence-corrected chi connectivity index (χ2v) is 6.07. The lowest BCUT2D eigenvalue weighted by atomic mass is 9.83. The third-order valence-electron chi connectivity index (χ3n) is 4.48. The minimum Gasteiger partial charge on any atom is -0.369 e. The Kier molecular flexibility index (Phi) is 4.66. The topological polar surface area (TPSA) is 98.7 Å². The number of tetrazole rings is 1. The molecule has 0 aliphatic heterocycles. The fraction of sp³-hybridized carbons (Fsp3) is 0.500. The Hall–Kier alpha value is -2.28. The molecule has 1 aromatic heterocycles. The van der Waals surface area contributed by atoms with Crippen LogP contribution in [0.5, 0.6) is 0 Å². The lowest BCUT2D eigenvalue weighted by Gasteiger charge is -2.32. The maximum atomic E-state index is 11.7. The summed E-state index contributed by atoms with van der Waals surface area (Å²) in [6.45, 7) is 2.01. The first kappa shape index (κ1) is 15.6. The van der Waals surface area contributed by atoms with Crippen LogP contribution in [0.25, 0.3) is 5.69 Å². The van der Waals surface area contributed by atoms with Crippen LogP contribution in [-0.4, -0.2) is 32.2 Å². The lowest BCUT2D eigenvalue weighted by Crippen LogP contribution is -2.45. The number of para-hydroxylation sites is 1. The van der Waals surface area contributed by atoms with Crippen LogP contribution in [0.3, 0.4) is 0 Å². The summed E-state index contributed by atoms with van der Waals surface area (Å²) < 4.78 is 1.72. The Morgan fingerprint density at radius 3 is 2.78 bits per heavy atom. The maximum absolute atomic E-state index is 11.7. The van der Waals surface area contributed by atoms with Crippen molar-refractivity contribution in [3.63, 3.8) is 0 Å². The third kappa shape index (κ3) is 3.39. The highest BCUT2D eigenvalue weighted by atomic mass is 16.1. The van der Waals surface area contributed by atoms with E-state index >= 15 is 0 Å². The van der Waals surface area contributed by atoms with Crippen LogP contribution < -0.4 is 11.1 Å². The molecule has 1 heterocycles. The molecule has 1 fully saturated rings. The summed E-state index contributed by atoms with van der Waals surface area (Å²) in [6.07, 6.45) is 3.97. The molecule has 1 saturated carbocycles. The average molecular weight is 314 g/mol. The van der Waals surface area contributed by atoms with Gasteiger partial charge in [-0.3, -0.25) is 4.79 Å². The van der Waals surface area contributed by atoms with E-state index in [1.165, 1.54) is 0 Å². The van der Waals surface area contributed by atoms with E-state index in [0.717, 1.165) is 37.2 Å². The fourth-order valence-electron chi connectivity index (χ4n) is 3.28. The van der Waals surface area contributed by atoms with E-state index in [1.54, 1.807) is 4.68 Å². The van der Waals surface area contributed by atoms with Crippen LogP contribution in [0.4, 0.5) is 0 Å². The third-order valence-corrected chi connectivity index (χ3v) is 4.48. The van der Waals surface area contributed by atoms with Crippen LogP contribution >= 0.6 is 0 Å². The van der Waals surface area contributed by atoms with Gasteiger partial charge >= 0.3 is 0 Å². The first-order chi connectivity index (χ1) is 11.2. The molecular weight excluding hydrogens is 292 g/mol. The highest BCUT2D eigenvalue weighted by molar-refractivity contribution is 5.77. The zero-order valence-electron chi connectivity index (χ0n) is 13.2. The molecule has 7 heteroatoms. The predicted molar refractivity (Wildman–Crippen MR) is 85.6 cm³/mol. The molecule has 7 nitrogen and oxygen atoms in total. The molecule has 0 saturated heterocycles.